The fourth-order valence-corrected chi connectivity index (χ4v) is 2.22. The lowest BCUT2D eigenvalue weighted by molar-refractivity contribution is 0.0945. The maximum Gasteiger partial charge on any atom is 0.270 e. The molecule has 3 rings (SSSR count). The van der Waals surface area contributed by atoms with Crippen LogP contribution in [0.3, 0.4) is 0 Å². The second kappa shape index (κ2) is 7.67. The summed E-state index contributed by atoms with van der Waals surface area (Å²) in [6.45, 7) is 0.292. The molecule has 25 heavy (non-hydrogen) atoms. The third-order valence-corrected chi connectivity index (χ3v) is 3.54. The van der Waals surface area contributed by atoms with Crippen LogP contribution in [0, 0.1) is 5.82 Å². The molecule has 0 saturated heterocycles. The predicted molar refractivity (Wildman–Crippen MR) is 92.1 cm³/mol. The summed E-state index contributed by atoms with van der Waals surface area (Å²) in [6, 6.07) is 11.1. The highest BCUT2D eigenvalue weighted by molar-refractivity contribution is 6.31. The molecule has 0 bridgehead atoms. The van der Waals surface area contributed by atoms with Crippen molar-refractivity contribution in [3.63, 3.8) is 0 Å². The molecule has 1 aromatic carbocycles. The first-order valence-electron chi connectivity index (χ1n) is 7.34. The molecule has 126 valence electrons. The average molecular weight is 358 g/mol. The van der Waals surface area contributed by atoms with E-state index in [1.165, 1.54) is 30.6 Å². The Morgan fingerprint density at radius 3 is 2.76 bits per heavy atom. The normalized spacial score (nSPS) is 10.3. The van der Waals surface area contributed by atoms with Gasteiger partial charge in [-0.1, -0.05) is 17.7 Å². The third-order valence-electron chi connectivity index (χ3n) is 3.25. The Labute approximate surface area is 148 Å². The highest BCUT2D eigenvalue weighted by Gasteiger charge is 2.09. The minimum absolute atomic E-state index is 0.00705. The van der Waals surface area contributed by atoms with Crippen LogP contribution < -0.4 is 10.6 Å². The van der Waals surface area contributed by atoms with Gasteiger partial charge in [0, 0.05) is 18.0 Å². The van der Waals surface area contributed by atoms with E-state index in [0.717, 1.165) is 5.69 Å². The fraction of sp³-hybridized carbons (Fsp3) is 0.0588. The molecule has 0 fully saturated rings. The van der Waals surface area contributed by atoms with Crippen LogP contribution in [-0.4, -0.2) is 20.9 Å². The number of hydrogen-bond acceptors (Lipinski definition) is 5. The van der Waals surface area contributed by atoms with Crippen LogP contribution in [0.15, 0.2) is 55.0 Å². The molecule has 2 aromatic heterocycles. The highest BCUT2D eigenvalue weighted by Crippen LogP contribution is 2.21. The van der Waals surface area contributed by atoms with Crippen molar-refractivity contribution < 1.29 is 9.18 Å². The minimum atomic E-state index is -0.510. The van der Waals surface area contributed by atoms with E-state index in [4.69, 9.17) is 11.6 Å². The molecule has 0 aliphatic carbocycles. The molecule has 2 N–H and O–H groups in total. The second-order valence-corrected chi connectivity index (χ2v) is 5.45. The number of benzene rings is 1. The van der Waals surface area contributed by atoms with Crippen molar-refractivity contribution in [2.45, 2.75) is 6.54 Å². The van der Waals surface area contributed by atoms with Gasteiger partial charge >= 0.3 is 0 Å². The topological polar surface area (TPSA) is 79.8 Å². The summed E-state index contributed by atoms with van der Waals surface area (Å²) in [7, 11) is 0. The highest BCUT2D eigenvalue weighted by atomic mass is 35.5. The van der Waals surface area contributed by atoms with Crippen LogP contribution >= 0.6 is 11.6 Å². The first-order chi connectivity index (χ1) is 12.1. The van der Waals surface area contributed by atoms with Gasteiger partial charge in [-0.3, -0.25) is 9.78 Å². The van der Waals surface area contributed by atoms with Crippen molar-refractivity contribution in [2.24, 2.45) is 0 Å². The number of carbonyl (C=O) groups is 1. The molecule has 0 radical (unpaired) electrons. The zero-order valence-electron chi connectivity index (χ0n) is 12.9. The van der Waals surface area contributed by atoms with Crippen LogP contribution in [0.4, 0.5) is 15.9 Å². The van der Waals surface area contributed by atoms with Gasteiger partial charge in [-0.2, -0.15) is 0 Å². The van der Waals surface area contributed by atoms with Gasteiger partial charge in [-0.05, 0) is 30.3 Å². The van der Waals surface area contributed by atoms with Crippen molar-refractivity contribution in [1.29, 1.82) is 0 Å². The molecule has 0 spiro atoms. The van der Waals surface area contributed by atoms with Crippen molar-refractivity contribution in [3.05, 3.63) is 77.2 Å². The molecule has 1 amide bonds. The van der Waals surface area contributed by atoms with E-state index in [1.54, 1.807) is 12.3 Å². The number of pyridine rings is 1. The molecule has 0 aliphatic rings. The van der Waals surface area contributed by atoms with Gasteiger partial charge in [0.25, 0.3) is 5.91 Å². The summed E-state index contributed by atoms with van der Waals surface area (Å²) >= 11 is 5.74. The third kappa shape index (κ3) is 4.48. The van der Waals surface area contributed by atoms with Gasteiger partial charge in [-0.25, -0.2) is 14.4 Å². The Bertz CT molecular complexity index is 891. The number of carbonyl (C=O) groups excluding carboxylic acids is 1. The molecule has 2 heterocycles. The smallest absolute Gasteiger partial charge is 0.270 e. The maximum atomic E-state index is 13.2. The summed E-state index contributed by atoms with van der Waals surface area (Å²) in [5.41, 5.74) is 1.48. The Kier molecular flexibility index (Phi) is 5.15. The molecule has 0 aliphatic heterocycles. The quantitative estimate of drug-likeness (QED) is 0.732. The molecule has 0 atom stereocenters. The van der Waals surface area contributed by atoms with Crippen LogP contribution in [0.5, 0.6) is 0 Å². The van der Waals surface area contributed by atoms with E-state index in [-0.39, 0.29) is 16.6 Å². The van der Waals surface area contributed by atoms with Crippen LogP contribution in [0.25, 0.3) is 0 Å². The molecule has 8 heteroatoms. The number of anilines is 2. The first kappa shape index (κ1) is 16.8. The van der Waals surface area contributed by atoms with Gasteiger partial charge in [0.05, 0.1) is 17.3 Å². The number of nitrogens with zero attached hydrogens (tertiary/aromatic N) is 3. The van der Waals surface area contributed by atoms with Gasteiger partial charge in [-0.15, -0.1) is 0 Å². The van der Waals surface area contributed by atoms with Crippen LogP contribution in [0.2, 0.25) is 5.02 Å². The zero-order chi connectivity index (χ0) is 17.6. The summed E-state index contributed by atoms with van der Waals surface area (Å²) in [5.74, 6) is -0.474. The number of rotatable bonds is 5. The van der Waals surface area contributed by atoms with Crippen LogP contribution in [-0.2, 0) is 6.54 Å². The van der Waals surface area contributed by atoms with Gasteiger partial charge in [0.15, 0.2) is 0 Å². The number of amides is 1. The van der Waals surface area contributed by atoms with E-state index in [0.29, 0.717) is 18.1 Å². The maximum absolute atomic E-state index is 13.2. The van der Waals surface area contributed by atoms with E-state index in [9.17, 15) is 9.18 Å². The largest absolute Gasteiger partial charge is 0.345 e. The monoisotopic (exact) mass is 357 g/mol. The summed E-state index contributed by atoms with van der Waals surface area (Å²) in [5, 5.41) is 5.67. The first-order valence-corrected chi connectivity index (χ1v) is 7.72. The van der Waals surface area contributed by atoms with Crippen molar-refractivity contribution in [2.75, 3.05) is 5.32 Å². The van der Waals surface area contributed by atoms with Crippen molar-refractivity contribution >= 4 is 29.0 Å². The Morgan fingerprint density at radius 1 is 1.12 bits per heavy atom. The van der Waals surface area contributed by atoms with Gasteiger partial charge < -0.3 is 10.6 Å². The lowest BCUT2D eigenvalue weighted by Crippen LogP contribution is -2.24. The Hall–Kier alpha value is -3.06. The fourth-order valence-electron chi connectivity index (χ4n) is 2.04. The molecular formula is C17H13ClFN5O. The van der Waals surface area contributed by atoms with Crippen molar-refractivity contribution in [1.82, 2.24) is 20.3 Å². The molecule has 6 nitrogen and oxygen atoms in total. The SMILES string of the molecule is O=C(NCc1ccccn1)c1cc(Nc2ccc(F)c(Cl)c2)ncn1. The number of halogens is 2. The summed E-state index contributed by atoms with van der Waals surface area (Å²) < 4.78 is 13.2. The lowest BCUT2D eigenvalue weighted by Gasteiger charge is -2.08. The summed E-state index contributed by atoms with van der Waals surface area (Å²) in [4.78, 5) is 24.3. The number of aromatic nitrogens is 3. The average Bonchev–Trinajstić information content (AvgIpc) is 2.64. The van der Waals surface area contributed by atoms with E-state index in [2.05, 4.69) is 25.6 Å². The second-order valence-electron chi connectivity index (χ2n) is 5.05. The number of hydrogen-bond donors (Lipinski definition) is 2. The van der Waals surface area contributed by atoms with Crippen LogP contribution in [0.1, 0.15) is 16.2 Å². The van der Waals surface area contributed by atoms with Gasteiger partial charge in [0.1, 0.15) is 23.7 Å². The minimum Gasteiger partial charge on any atom is -0.345 e. The predicted octanol–water partition coefficient (Wildman–Crippen LogP) is 3.34. The van der Waals surface area contributed by atoms with Gasteiger partial charge in [0.2, 0.25) is 0 Å². The molecule has 0 unspecified atom stereocenters. The number of nitrogens with one attached hydrogen (secondary N) is 2. The molecule has 0 saturated carbocycles. The Balaban J connectivity index is 1.68. The zero-order valence-corrected chi connectivity index (χ0v) is 13.7. The van der Waals surface area contributed by atoms with E-state index >= 15 is 0 Å². The lowest BCUT2D eigenvalue weighted by atomic mass is 10.3. The molecule has 3 aromatic rings. The Morgan fingerprint density at radius 2 is 2.00 bits per heavy atom. The standard InChI is InChI=1S/C17H13ClFN5O/c18-13-7-11(4-5-14(13)19)24-16-8-15(22-10-23-16)17(25)21-9-12-3-1-2-6-20-12/h1-8,10H,9H2,(H,21,25)(H,22,23,24). The van der Waals surface area contributed by atoms with E-state index in [1.807, 2.05) is 12.1 Å². The van der Waals surface area contributed by atoms with E-state index < -0.39 is 5.82 Å². The van der Waals surface area contributed by atoms with Crippen molar-refractivity contribution in [3.8, 4) is 0 Å². The summed E-state index contributed by atoms with van der Waals surface area (Å²) in [6.07, 6.45) is 2.92. The molecular weight excluding hydrogens is 345 g/mol.